The second-order valence-corrected chi connectivity index (χ2v) is 5.16. The first kappa shape index (κ1) is 8.25. The van der Waals surface area contributed by atoms with Crippen molar-refractivity contribution in [2.45, 2.75) is 62.6 Å². The highest BCUT2D eigenvalue weighted by atomic mass is 15.2. The molecule has 2 saturated carbocycles. The molecule has 2 heteroatoms. The Hall–Kier alpha value is -0.0800. The highest BCUT2D eigenvalue weighted by molar-refractivity contribution is 5.06. The van der Waals surface area contributed by atoms with E-state index in [1.165, 1.54) is 51.5 Å². The van der Waals surface area contributed by atoms with Gasteiger partial charge in [0.1, 0.15) is 0 Å². The second kappa shape index (κ2) is 2.96. The van der Waals surface area contributed by atoms with Crippen LogP contribution in [0.25, 0.3) is 0 Å². The predicted octanol–water partition coefficient (Wildman–Crippen LogP) is 1.41. The highest BCUT2D eigenvalue weighted by Crippen LogP contribution is 2.36. The molecule has 2 aliphatic carbocycles. The summed E-state index contributed by atoms with van der Waals surface area (Å²) in [5, 5.41) is 7.66. The second-order valence-electron chi connectivity index (χ2n) is 5.16. The lowest BCUT2D eigenvalue weighted by Gasteiger charge is -2.53. The number of nitrogens with one attached hydrogen (secondary N) is 2. The van der Waals surface area contributed by atoms with Gasteiger partial charge in [-0.25, -0.2) is 0 Å². The summed E-state index contributed by atoms with van der Waals surface area (Å²) in [4.78, 5) is 0. The van der Waals surface area contributed by atoms with Crippen LogP contribution in [-0.2, 0) is 0 Å². The molecule has 1 aliphatic heterocycles. The third kappa shape index (κ3) is 1.31. The summed E-state index contributed by atoms with van der Waals surface area (Å²) in [6, 6.07) is 1.59. The molecule has 0 aromatic carbocycles. The maximum atomic E-state index is 3.91. The molecule has 1 heterocycles. The zero-order chi connectivity index (χ0) is 8.73. The van der Waals surface area contributed by atoms with Crippen molar-refractivity contribution in [2.24, 2.45) is 0 Å². The van der Waals surface area contributed by atoms with E-state index in [0.29, 0.717) is 5.54 Å². The van der Waals surface area contributed by atoms with Crippen LogP contribution >= 0.6 is 0 Å². The van der Waals surface area contributed by atoms with Gasteiger partial charge in [0.2, 0.25) is 0 Å². The fourth-order valence-corrected chi connectivity index (χ4v) is 3.24. The Balaban J connectivity index is 1.69. The van der Waals surface area contributed by atoms with Crippen LogP contribution in [0.4, 0.5) is 0 Å². The summed E-state index contributed by atoms with van der Waals surface area (Å²) < 4.78 is 0. The Morgan fingerprint density at radius 2 is 1.69 bits per heavy atom. The van der Waals surface area contributed by atoms with Gasteiger partial charge in [-0.3, -0.25) is 0 Å². The summed E-state index contributed by atoms with van der Waals surface area (Å²) in [5.74, 6) is 0. The molecule has 1 saturated heterocycles. The van der Waals surface area contributed by atoms with Crippen molar-refractivity contribution >= 4 is 0 Å². The fourth-order valence-electron chi connectivity index (χ4n) is 3.24. The quantitative estimate of drug-likeness (QED) is 0.589. The Bertz CT molecular complexity index is 198. The van der Waals surface area contributed by atoms with Crippen LogP contribution in [0.15, 0.2) is 0 Å². The van der Waals surface area contributed by atoms with E-state index in [2.05, 4.69) is 10.6 Å². The zero-order valence-electron chi connectivity index (χ0n) is 8.31. The number of hydrogen-bond donors (Lipinski definition) is 2. The first-order valence-corrected chi connectivity index (χ1v) is 5.89. The Morgan fingerprint density at radius 3 is 2.38 bits per heavy atom. The summed E-state index contributed by atoms with van der Waals surface area (Å²) in [5.41, 5.74) is 0.526. The molecule has 13 heavy (non-hydrogen) atoms. The standard InChI is InChI=1S/C11H20N2/c1-2-5-10-9(4-1)12-8-11(13-10)6-3-7-11/h9-10,12-13H,1-8H2/t9?,10-/m1/s1. The molecule has 0 radical (unpaired) electrons. The van der Waals surface area contributed by atoms with E-state index in [4.69, 9.17) is 0 Å². The Morgan fingerprint density at radius 1 is 0.923 bits per heavy atom. The molecule has 1 spiro atoms. The van der Waals surface area contributed by atoms with Gasteiger partial charge in [-0.1, -0.05) is 12.8 Å². The minimum absolute atomic E-state index is 0.526. The molecule has 3 rings (SSSR count). The largest absolute Gasteiger partial charge is 0.311 e. The van der Waals surface area contributed by atoms with E-state index in [0.717, 1.165) is 12.1 Å². The Kier molecular flexibility index (Phi) is 1.88. The van der Waals surface area contributed by atoms with Gasteiger partial charge >= 0.3 is 0 Å². The third-order valence-corrected chi connectivity index (χ3v) is 4.27. The van der Waals surface area contributed by atoms with E-state index in [-0.39, 0.29) is 0 Å². The van der Waals surface area contributed by atoms with E-state index in [1.54, 1.807) is 0 Å². The molecular weight excluding hydrogens is 160 g/mol. The Labute approximate surface area is 80.5 Å². The van der Waals surface area contributed by atoms with E-state index in [9.17, 15) is 0 Å². The van der Waals surface area contributed by atoms with Crippen LogP contribution in [-0.4, -0.2) is 24.2 Å². The number of piperazine rings is 1. The minimum atomic E-state index is 0.526. The molecule has 0 aromatic rings. The molecule has 1 unspecified atom stereocenters. The van der Waals surface area contributed by atoms with Crippen molar-refractivity contribution in [3.05, 3.63) is 0 Å². The third-order valence-electron chi connectivity index (χ3n) is 4.27. The average Bonchev–Trinajstić information content (AvgIpc) is 2.15. The maximum Gasteiger partial charge on any atom is 0.0309 e. The predicted molar refractivity (Wildman–Crippen MR) is 53.8 cm³/mol. The van der Waals surface area contributed by atoms with Crippen LogP contribution < -0.4 is 10.6 Å². The molecule has 0 aromatic heterocycles. The normalized spacial score (nSPS) is 42.5. The molecular formula is C11H20N2. The van der Waals surface area contributed by atoms with Crippen molar-refractivity contribution in [2.75, 3.05) is 6.54 Å². The number of rotatable bonds is 0. The van der Waals surface area contributed by atoms with E-state index < -0.39 is 0 Å². The van der Waals surface area contributed by atoms with Gasteiger partial charge in [0, 0.05) is 24.2 Å². The highest BCUT2D eigenvalue weighted by Gasteiger charge is 2.44. The number of hydrogen-bond acceptors (Lipinski definition) is 2. The lowest BCUT2D eigenvalue weighted by Crippen LogP contribution is -2.70. The summed E-state index contributed by atoms with van der Waals surface area (Å²) in [6.07, 6.45) is 9.92. The van der Waals surface area contributed by atoms with Crippen LogP contribution in [0.5, 0.6) is 0 Å². The van der Waals surface area contributed by atoms with Crippen LogP contribution in [0, 0.1) is 0 Å². The SMILES string of the molecule is C1CC[C@H]2NC3(CCC3)CNC2C1. The molecule has 2 N–H and O–H groups in total. The van der Waals surface area contributed by atoms with Crippen molar-refractivity contribution < 1.29 is 0 Å². The molecule has 2 atom stereocenters. The van der Waals surface area contributed by atoms with Crippen molar-refractivity contribution in [3.63, 3.8) is 0 Å². The van der Waals surface area contributed by atoms with Crippen LogP contribution in [0.2, 0.25) is 0 Å². The van der Waals surface area contributed by atoms with Crippen molar-refractivity contribution in [3.8, 4) is 0 Å². The summed E-state index contributed by atoms with van der Waals surface area (Å²) in [6.45, 7) is 1.23. The first-order valence-electron chi connectivity index (χ1n) is 5.89. The smallest absolute Gasteiger partial charge is 0.0309 e. The van der Waals surface area contributed by atoms with Gasteiger partial charge < -0.3 is 10.6 Å². The molecule has 2 nitrogen and oxygen atoms in total. The molecule has 74 valence electrons. The molecule has 0 amide bonds. The van der Waals surface area contributed by atoms with Gasteiger partial charge in [0.25, 0.3) is 0 Å². The monoisotopic (exact) mass is 180 g/mol. The van der Waals surface area contributed by atoms with Gasteiger partial charge in [-0.05, 0) is 32.1 Å². The van der Waals surface area contributed by atoms with Crippen molar-refractivity contribution in [1.82, 2.24) is 10.6 Å². The summed E-state index contributed by atoms with van der Waals surface area (Å²) >= 11 is 0. The van der Waals surface area contributed by atoms with Gasteiger partial charge in [-0.2, -0.15) is 0 Å². The van der Waals surface area contributed by atoms with Gasteiger partial charge in [0.15, 0.2) is 0 Å². The maximum absolute atomic E-state index is 3.91. The first-order chi connectivity index (χ1) is 6.38. The molecule has 3 aliphatic rings. The van der Waals surface area contributed by atoms with Gasteiger partial charge in [0.05, 0.1) is 0 Å². The zero-order valence-corrected chi connectivity index (χ0v) is 8.31. The molecule has 0 bridgehead atoms. The number of fused-ring (bicyclic) bond motifs is 1. The lowest BCUT2D eigenvalue weighted by atomic mass is 9.72. The molecule has 3 fully saturated rings. The fraction of sp³-hybridized carbons (Fsp3) is 1.00. The minimum Gasteiger partial charge on any atom is -0.311 e. The summed E-state index contributed by atoms with van der Waals surface area (Å²) in [7, 11) is 0. The van der Waals surface area contributed by atoms with E-state index in [1.807, 2.05) is 0 Å². The van der Waals surface area contributed by atoms with Gasteiger partial charge in [-0.15, -0.1) is 0 Å². The topological polar surface area (TPSA) is 24.1 Å². The lowest BCUT2D eigenvalue weighted by molar-refractivity contribution is 0.0839. The van der Waals surface area contributed by atoms with Crippen LogP contribution in [0.3, 0.4) is 0 Å². The van der Waals surface area contributed by atoms with Crippen molar-refractivity contribution in [1.29, 1.82) is 0 Å². The van der Waals surface area contributed by atoms with E-state index >= 15 is 0 Å². The van der Waals surface area contributed by atoms with Crippen LogP contribution in [0.1, 0.15) is 44.9 Å². The average molecular weight is 180 g/mol.